The number of imidazole rings is 1. The molecule has 0 spiro atoms. The van der Waals surface area contributed by atoms with Gasteiger partial charge in [0.25, 0.3) is 5.91 Å². The minimum atomic E-state index is -0.319. The van der Waals surface area contributed by atoms with Crippen LogP contribution in [0.25, 0.3) is 11.0 Å². The molecule has 0 saturated carbocycles. The maximum atomic E-state index is 12.8. The van der Waals surface area contributed by atoms with Gasteiger partial charge >= 0.3 is 6.03 Å². The zero-order valence-electron chi connectivity index (χ0n) is 19.2. The van der Waals surface area contributed by atoms with E-state index in [1.54, 1.807) is 44.5 Å². The van der Waals surface area contributed by atoms with Gasteiger partial charge in [-0.15, -0.1) is 0 Å². The lowest BCUT2D eigenvalue weighted by Crippen LogP contribution is -2.31. The van der Waals surface area contributed by atoms with E-state index in [0.29, 0.717) is 34.1 Å². The molecule has 3 aromatic rings. The van der Waals surface area contributed by atoms with Crippen LogP contribution in [-0.2, 0) is 13.6 Å². The Balaban J connectivity index is 1.77. The van der Waals surface area contributed by atoms with Gasteiger partial charge in [0, 0.05) is 31.8 Å². The number of hydrogen-bond donors (Lipinski definition) is 2. The third kappa shape index (κ3) is 4.93. The molecule has 0 bridgehead atoms. The maximum absolute atomic E-state index is 12.8. The fraction of sp³-hybridized carbons (Fsp3) is 0.348. The number of carbonyl (C=O) groups is 2. The monoisotopic (exact) mass is 439 g/mol. The van der Waals surface area contributed by atoms with Crippen molar-refractivity contribution in [2.75, 3.05) is 26.6 Å². The van der Waals surface area contributed by atoms with Crippen molar-refractivity contribution >= 4 is 28.7 Å². The second kappa shape index (κ2) is 9.59. The van der Waals surface area contributed by atoms with Crippen LogP contribution in [-0.4, -0.2) is 53.7 Å². The number of aryl methyl sites for hydroxylation is 1. The first-order valence-electron chi connectivity index (χ1n) is 10.2. The summed E-state index contributed by atoms with van der Waals surface area (Å²) in [5.74, 6) is 1.69. The molecular formula is C23H29N5O4. The van der Waals surface area contributed by atoms with Crippen molar-refractivity contribution in [3.05, 3.63) is 47.8 Å². The largest absolute Gasteiger partial charge is 0.497 e. The average molecular weight is 440 g/mol. The van der Waals surface area contributed by atoms with E-state index >= 15 is 0 Å². The van der Waals surface area contributed by atoms with Crippen LogP contribution >= 0.6 is 0 Å². The molecule has 0 aliphatic carbocycles. The highest BCUT2D eigenvalue weighted by molar-refractivity contribution is 5.97. The maximum Gasteiger partial charge on any atom is 0.322 e. The van der Waals surface area contributed by atoms with Crippen molar-refractivity contribution in [2.45, 2.75) is 26.4 Å². The number of urea groups is 1. The molecule has 1 aromatic heterocycles. The molecule has 3 amide bonds. The number of methoxy groups -OCH3 is 2. The first-order chi connectivity index (χ1) is 15.2. The summed E-state index contributed by atoms with van der Waals surface area (Å²) in [4.78, 5) is 31.3. The van der Waals surface area contributed by atoms with E-state index in [1.807, 2.05) is 31.5 Å². The van der Waals surface area contributed by atoms with Crippen molar-refractivity contribution < 1.29 is 19.1 Å². The Morgan fingerprint density at radius 3 is 2.53 bits per heavy atom. The van der Waals surface area contributed by atoms with E-state index in [4.69, 9.17) is 9.47 Å². The Labute approximate surface area is 187 Å². The number of amides is 3. The van der Waals surface area contributed by atoms with E-state index < -0.39 is 0 Å². The summed E-state index contributed by atoms with van der Waals surface area (Å²) in [7, 11) is 6.66. The van der Waals surface area contributed by atoms with Crippen molar-refractivity contribution in [3.8, 4) is 11.5 Å². The van der Waals surface area contributed by atoms with Crippen LogP contribution < -0.4 is 20.1 Å². The van der Waals surface area contributed by atoms with Gasteiger partial charge in [0.15, 0.2) is 0 Å². The van der Waals surface area contributed by atoms with E-state index in [0.717, 1.165) is 5.52 Å². The van der Waals surface area contributed by atoms with Crippen LogP contribution in [0.3, 0.4) is 0 Å². The molecule has 0 radical (unpaired) electrons. The number of anilines is 1. The number of benzene rings is 2. The van der Waals surface area contributed by atoms with E-state index in [1.165, 1.54) is 12.0 Å². The van der Waals surface area contributed by atoms with Gasteiger partial charge in [0.05, 0.1) is 37.5 Å². The van der Waals surface area contributed by atoms with Gasteiger partial charge in [-0.05, 0) is 44.2 Å². The third-order valence-corrected chi connectivity index (χ3v) is 5.03. The van der Waals surface area contributed by atoms with Crippen LogP contribution in [0.15, 0.2) is 36.4 Å². The molecule has 0 unspecified atom stereocenters. The molecule has 2 N–H and O–H groups in total. The Morgan fingerprint density at radius 2 is 1.88 bits per heavy atom. The predicted molar refractivity (Wildman–Crippen MR) is 123 cm³/mol. The fourth-order valence-electron chi connectivity index (χ4n) is 3.28. The average Bonchev–Trinajstić information content (AvgIpc) is 3.07. The molecule has 1 heterocycles. The Hall–Kier alpha value is -3.75. The van der Waals surface area contributed by atoms with Crippen LogP contribution in [0.4, 0.5) is 10.5 Å². The summed E-state index contributed by atoms with van der Waals surface area (Å²) in [5, 5.41) is 5.72. The summed E-state index contributed by atoms with van der Waals surface area (Å²) in [6, 6.07) is 10.3. The van der Waals surface area contributed by atoms with Gasteiger partial charge in [0.2, 0.25) is 0 Å². The SMILES string of the molecule is COc1ccc(OC)c(NC(=O)N(C)Cc2nc3cc(C(=O)NC(C)C)ccc3n2C)c1. The molecule has 9 heteroatoms. The molecule has 3 rings (SSSR count). The molecule has 32 heavy (non-hydrogen) atoms. The van der Waals surface area contributed by atoms with Crippen LogP contribution in [0.2, 0.25) is 0 Å². The molecule has 170 valence electrons. The second-order valence-electron chi connectivity index (χ2n) is 7.77. The highest BCUT2D eigenvalue weighted by Gasteiger charge is 2.17. The number of fused-ring (bicyclic) bond motifs is 1. The van der Waals surface area contributed by atoms with Gasteiger partial charge < -0.3 is 29.6 Å². The van der Waals surface area contributed by atoms with Gasteiger partial charge in [-0.3, -0.25) is 4.79 Å². The number of hydrogen-bond acceptors (Lipinski definition) is 5. The van der Waals surface area contributed by atoms with E-state index in [-0.39, 0.29) is 24.5 Å². The lowest BCUT2D eigenvalue weighted by Gasteiger charge is -2.19. The standard InChI is InChI=1S/C23H29N5O4/c1-14(2)24-22(29)15-7-9-19-17(11-15)25-21(28(19)4)13-27(3)23(30)26-18-12-16(31-5)8-10-20(18)32-6/h7-12,14H,13H2,1-6H3,(H,24,29)(H,26,30). The number of nitrogens with one attached hydrogen (secondary N) is 2. The number of ether oxygens (including phenoxy) is 2. The van der Waals surface area contributed by atoms with Crippen molar-refractivity contribution in [3.63, 3.8) is 0 Å². The van der Waals surface area contributed by atoms with E-state index in [9.17, 15) is 9.59 Å². The summed E-state index contributed by atoms with van der Waals surface area (Å²) in [5.41, 5.74) is 2.63. The molecule has 0 saturated heterocycles. The Kier molecular flexibility index (Phi) is 6.87. The van der Waals surface area contributed by atoms with Gasteiger partial charge in [-0.2, -0.15) is 0 Å². The molecule has 0 aliphatic heterocycles. The zero-order valence-corrected chi connectivity index (χ0v) is 19.2. The second-order valence-corrected chi connectivity index (χ2v) is 7.77. The van der Waals surface area contributed by atoms with Gasteiger partial charge in [-0.25, -0.2) is 9.78 Å². The minimum absolute atomic E-state index is 0.0489. The lowest BCUT2D eigenvalue weighted by atomic mass is 10.2. The number of carbonyl (C=O) groups excluding carboxylic acids is 2. The molecule has 0 fully saturated rings. The summed E-state index contributed by atoms with van der Waals surface area (Å²) in [6.45, 7) is 4.10. The highest BCUT2D eigenvalue weighted by atomic mass is 16.5. The number of nitrogens with zero attached hydrogens (tertiary/aromatic N) is 3. The Bertz CT molecular complexity index is 1140. The van der Waals surface area contributed by atoms with Gasteiger partial charge in [0.1, 0.15) is 17.3 Å². The van der Waals surface area contributed by atoms with Crippen LogP contribution in [0.5, 0.6) is 11.5 Å². The molecule has 9 nitrogen and oxygen atoms in total. The van der Waals surface area contributed by atoms with Crippen molar-refractivity contribution in [2.24, 2.45) is 7.05 Å². The summed E-state index contributed by atoms with van der Waals surface area (Å²) in [6.07, 6.45) is 0. The third-order valence-electron chi connectivity index (χ3n) is 5.03. The minimum Gasteiger partial charge on any atom is -0.497 e. The molecule has 0 atom stereocenters. The fourth-order valence-corrected chi connectivity index (χ4v) is 3.28. The quantitative estimate of drug-likeness (QED) is 0.588. The molecule has 0 aliphatic rings. The lowest BCUT2D eigenvalue weighted by molar-refractivity contribution is 0.0943. The smallest absolute Gasteiger partial charge is 0.322 e. The first kappa shape index (κ1) is 22.9. The highest BCUT2D eigenvalue weighted by Crippen LogP contribution is 2.29. The number of rotatable bonds is 7. The topological polar surface area (TPSA) is 97.7 Å². The summed E-state index contributed by atoms with van der Waals surface area (Å²) < 4.78 is 12.5. The predicted octanol–water partition coefficient (Wildman–Crippen LogP) is 3.39. The number of aromatic nitrogens is 2. The summed E-state index contributed by atoms with van der Waals surface area (Å²) >= 11 is 0. The molecule has 2 aromatic carbocycles. The van der Waals surface area contributed by atoms with Crippen molar-refractivity contribution in [1.82, 2.24) is 19.8 Å². The van der Waals surface area contributed by atoms with Crippen molar-refractivity contribution in [1.29, 1.82) is 0 Å². The normalized spacial score (nSPS) is 10.8. The van der Waals surface area contributed by atoms with Gasteiger partial charge in [-0.1, -0.05) is 0 Å². The first-order valence-corrected chi connectivity index (χ1v) is 10.2. The Morgan fingerprint density at radius 1 is 1.12 bits per heavy atom. The zero-order chi connectivity index (χ0) is 23.4. The molecular weight excluding hydrogens is 410 g/mol. The van der Waals surface area contributed by atoms with Crippen LogP contribution in [0.1, 0.15) is 30.0 Å². The van der Waals surface area contributed by atoms with E-state index in [2.05, 4.69) is 15.6 Å². The van der Waals surface area contributed by atoms with Crippen LogP contribution in [0, 0.1) is 0 Å².